The minimum absolute atomic E-state index is 0.439. The van der Waals surface area contributed by atoms with Gasteiger partial charge in [-0.1, -0.05) is 13.8 Å². The van der Waals surface area contributed by atoms with Gasteiger partial charge in [-0.2, -0.15) is 0 Å². The molecule has 0 aromatic heterocycles. The van der Waals surface area contributed by atoms with Crippen molar-refractivity contribution >= 4 is 5.96 Å². The Morgan fingerprint density at radius 3 is 2.04 bits per heavy atom. The van der Waals surface area contributed by atoms with Crippen LogP contribution >= 0.6 is 0 Å². The number of morpholine rings is 2. The maximum Gasteiger partial charge on any atom is 0.191 e. The topological polar surface area (TPSA) is 61.4 Å². The highest BCUT2D eigenvalue weighted by atomic mass is 16.5. The molecule has 152 valence electrons. The van der Waals surface area contributed by atoms with Crippen LogP contribution in [0.25, 0.3) is 0 Å². The summed E-state index contributed by atoms with van der Waals surface area (Å²) in [6.45, 7) is 19.0. The van der Waals surface area contributed by atoms with Gasteiger partial charge in [-0.3, -0.25) is 14.8 Å². The lowest BCUT2D eigenvalue weighted by atomic mass is 10.0. The Kier molecular flexibility index (Phi) is 9.67. The Morgan fingerprint density at radius 2 is 1.50 bits per heavy atom. The summed E-state index contributed by atoms with van der Waals surface area (Å²) < 4.78 is 10.9. The normalized spacial score (nSPS) is 23.0. The summed E-state index contributed by atoms with van der Waals surface area (Å²) in [4.78, 5) is 9.84. The molecule has 0 saturated carbocycles. The van der Waals surface area contributed by atoms with Crippen molar-refractivity contribution in [3.8, 4) is 0 Å². The summed E-state index contributed by atoms with van der Waals surface area (Å²) in [7, 11) is 0. The van der Waals surface area contributed by atoms with Gasteiger partial charge in [0, 0.05) is 51.4 Å². The first kappa shape index (κ1) is 21.4. The first-order valence-electron chi connectivity index (χ1n) is 10.3. The average molecular weight is 370 g/mol. The van der Waals surface area contributed by atoms with Crippen LogP contribution in [-0.2, 0) is 9.47 Å². The Morgan fingerprint density at radius 1 is 0.923 bits per heavy atom. The molecule has 0 aromatic carbocycles. The van der Waals surface area contributed by atoms with Crippen LogP contribution in [0, 0.1) is 5.92 Å². The standard InChI is InChI=1S/C19H39N5O2/c1-5-20-19(21-14-17(4)23-6-10-25-11-7-23)22-15-18(16(2)3)24-8-12-26-13-9-24/h16-18H,5-15H2,1-4H3,(H2,20,21,22). The predicted octanol–water partition coefficient (Wildman–Crippen LogP) is 0.619. The number of nitrogens with one attached hydrogen (secondary N) is 2. The van der Waals surface area contributed by atoms with E-state index in [0.29, 0.717) is 18.0 Å². The number of guanidine groups is 1. The summed E-state index contributed by atoms with van der Waals surface area (Å²) in [5.41, 5.74) is 0. The molecule has 0 aliphatic carbocycles. The zero-order valence-electron chi connectivity index (χ0n) is 17.2. The minimum Gasteiger partial charge on any atom is -0.379 e. The SMILES string of the molecule is CCNC(=NCC(C)N1CCOCC1)NCC(C(C)C)N1CCOCC1. The molecular formula is C19H39N5O2. The van der Waals surface area contributed by atoms with Gasteiger partial charge in [0.15, 0.2) is 5.96 Å². The van der Waals surface area contributed by atoms with Crippen LogP contribution in [0.15, 0.2) is 4.99 Å². The quantitative estimate of drug-likeness (QED) is 0.483. The van der Waals surface area contributed by atoms with E-state index in [1.165, 1.54) is 0 Å². The van der Waals surface area contributed by atoms with Gasteiger partial charge in [-0.05, 0) is 19.8 Å². The van der Waals surface area contributed by atoms with Gasteiger partial charge in [-0.15, -0.1) is 0 Å². The van der Waals surface area contributed by atoms with Crippen LogP contribution in [0.1, 0.15) is 27.7 Å². The summed E-state index contributed by atoms with van der Waals surface area (Å²) >= 11 is 0. The maximum atomic E-state index is 5.50. The van der Waals surface area contributed by atoms with Gasteiger partial charge < -0.3 is 20.1 Å². The summed E-state index contributed by atoms with van der Waals surface area (Å²) in [6, 6.07) is 0.939. The molecule has 2 saturated heterocycles. The fourth-order valence-corrected chi connectivity index (χ4v) is 3.60. The second-order valence-electron chi connectivity index (χ2n) is 7.56. The average Bonchev–Trinajstić information content (AvgIpc) is 2.67. The second-order valence-corrected chi connectivity index (χ2v) is 7.56. The fraction of sp³-hybridized carbons (Fsp3) is 0.947. The highest BCUT2D eigenvalue weighted by Crippen LogP contribution is 2.12. The third-order valence-corrected chi connectivity index (χ3v) is 5.29. The number of hydrogen-bond acceptors (Lipinski definition) is 5. The molecule has 2 aliphatic heterocycles. The molecule has 7 nitrogen and oxygen atoms in total. The van der Waals surface area contributed by atoms with E-state index in [-0.39, 0.29) is 0 Å². The van der Waals surface area contributed by atoms with E-state index in [1.807, 2.05) is 0 Å². The Bertz CT molecular complexity index is 407. The molecular weight excluding hydrogens is 330 g/mol. The van der Waals surface area contributed by atoms with Crippen LogP contribution in [-0.4, -0.2) is 100 Å². The Hall–Kier alpha value is -0.890. The highest BCUT2D eigenvalue weighted by molar-refractivity contribution is 5.79. The van der Waals surface area contributed by atoms with E-state index in [0.717, 1.165) is 78.2 Å². The third kappa shape index (κ3) is 7.02. The molecule has 2 atom stereocenters. The van der Waals surface area contributed by atoms with Crippen LogP contribution in [0.4, 0.5) is 0 Å². The lowest BCUT2D eigenvalue weighted by Crippen LogP contribution is -2.52. The number of rotatable bonds is 8. The molecule has 2 fully saturated rings. The zero-order valence-corrected chi connectivity index (χ0v) is 17.2. The number of aliphatic imine (C=N–C) groups is 1. The van der Waals surface area contributed by atoms with Gasteiger partial charge in [0.2, 0.25) is 0 Å². The molecule has 2 rings (SSSR count). The fourth-order valence-electron chi connectivity index (χ4n) is 3.60. The van der Waals surface area contributed by atoms with Gasteiger partial charge in [0.1, 0.15) is 0 Å². The Balaban J connectivity index is 1.86. The predicted molar refractivity (Wildman–Crippen MR) is 107 cm³/mol. The van der Waals surface area contributed by atoms with Crippen molar-refractivity contribution < 1.29 is 9.47 Å². The molecule has 2 aliphatic rings. The third-order valence-electron chi connectivity index (χ3n) is 5.29. The molecule has 2 N–H and O–H groups in total. The van der Waals surface area contributed by atoms with Crippen LogP contribution < -0.4 is 10.6 Å². The summed E-state index contributed by atoms with van der Waals surface area (Å²) in [6.07, 6.45) is 0. The van der Waals surface area contributed by atoms with E-state index >= 15 is 0 Å². The maximum absolute atomic E-state index is 5.50. The van der Waals surface area contributed by atoms with E-state index in [4.69, 9.17) is 14.5 Å². The van der Waals surface area contributed by atoms with Crippen LogP contribution in [0.3, 0.4) is 0 Å². The van der Waals surface area contributed by atoms with Crippen molar-refractivity contribution in [1.82, 2.24) is 20.4 Å². The van der Waals surface area contributed by atoms with Crippen molar-refractivity contribution in [2.75, 3.05) is 72.2 Å². The molecule has 2 heterocycles. The Labute approximate surface area is 159 Å². The summed E-state index contributed by atoms with van der Waals surface area (Å²) in [5, 5.41) is 6.96. The van der Waals surface area contributed by atoms with Crippen molar-refractivity contribution in [3.63, 3.8) is 0 Å². The summed E-state index contributed by atoms with van der Waals surface area (Å²) in [5.74, 6) is 1.52. The van der Waals surface area contributed by atoms with Crippen molar-refractivity contribution in [2.45, 2.75) is 39.8 Å². The van der Waals surface area contributed by atoms with Crippen molar-refractivity contribution in [2.24, 2.45) is 10.9 Å². The molecule has 26 heavy (non-hydrogen) atoms. The van der Waals surface area contributed by atoms with E-state index in [2.05, 4.69) is 48.1 Å². The van der Waals surface area contributed by atoms with Gasteiger partial charge in [0.25, 0.3) is 0 Å². The number of hydrogen-bond donors (Lipinski definition) is 2. The van der Waals surface area contributed by atoms with Crippen LogP contribution in [0.5, 0.6) is 0 Å². The van der Waals surface area contributed by atoms with Crippen molar-refractivity contribution in [1.29, 1.82) is 0 Å². The minimum atomic E-state index is 0.439. The first-order chi connectivity index (χ1) is 12.6. The molecule has 0 radical (unpaired) electrons. The highest BCUT2D eigenvalue weighted by Gasteiger charge is 2.24. The van der Waals surface area contributed by atoms with Gasteiger partial charge in [0.05, 0.1) is 33.0 Å². The largest absolute Gasteiger partial charge is 0.379 e. The zero-order chi connectivity index (χ0) is 18.8. The number of nitrogens with zero attached hydrogens (tertiary/aromatic N) is 3. The smallest absolute Gasteiger partial charge is 0.191 e. The van der Waals surface area contributed by atoms with Crippen molar-refractivity contribution in [3.05, 3.63) is 0 Å². The molecule has 7 heteroatoms. The molecule has 0 spiro atoms. The molecule has 0 amide bonds. The van der Waals surface area contributed by atoms with Crippen LogP contribution in [0.2, 0.25) is 0 Å². The molecule has 2 unspecified atom stereocenters. The lowest BCUT2D eigenvalue weighted by Gasteiger charge is -2.37. The molecule has 0 bridgehead atoms. The monoisotopic (exact) mass is 369 g/mol. The second kappa shape index (κ2) is 11.7. The van der Waals surface area contributed by atoms with Gasteiger partial charge >= 0.3 is 0 Å². The first-order valence-corrected chi connectivity index (χ1v) is 10.3. The van der Waals surface area contributed by atoms with E-state index in [1.54, 1.807) is 0 Å². The number of ether oxygens (including phenoxy) is 2. The van der Waals surface area contributed by atoms with Gasteiger partial charge in [-0.25, -0.2) is 0 Å². The van der Waals surface area contributed by atoms with E-state index < -0.39 is 0 Å². The lowest BCUT2D eigenvalue weighted by molar-refractivity contribution is 0.00751. The molecule has 0 aromatic rings. The van der Waals surface area contributed by atoms with E-state index in [9.17, 15) is 0 Å².